The summed E-state index contributed by atoms with van der Waals surface area (Å²) in [4.78, 5) is 38.1. The quantitative estimate of drug-likeness (QED) is 0.601. The van der Waals surface area contributed by atoms with Gasteiger partial charge >= 0.3 is 18.3 Å². The Hall–Kier alpha value is -3.23. The van der Waals surface area contributed by atoms with E-state index in [1.165, 1.54) is 14.6 Å². The number of hydrogen-bond acceptors (Lipinski definition) is 6. The minimum Gasteiger partial charge on any atom is -0.445 e. The Bertz CT molecular complexity index is 1030. The number of hydrogen-bond donors (Lipinski definition) is 0. The van der Waals surface area contributed by atoms with E-state index in [1.807, 2.05) is 39.0 Å². The van der Waals surface area contributed by atoms with Gasteiger partial charge in [-0.3, -0.25) is 4.57 Å². The number of aromatic nitrogens is 1. The molecule has 9 nitrogen and oxygen atoms in total. The molecule has 1 aliphatic rings. The van der Waals surface area contributed by atoms with Crippen LogP contribution in [0.4, 0.5) is 14.4 Å². The summed E-state index contributed by atoms with van der Waals surface area (Å²) >= 11 is 0. The highest BCUT2D eigenvalue weighted by Crippen LogP contribution is 2.32. The van der Waals surface area contributed by atoms with Gasteiger partial charge in [0.15, 0.2) is 0 Å². The first kappa shape index (κ1) is 23.4. The lowest BCUT2D eigenvalue weighted by Crippen LogP contribution is -2.52. The van der Waals surface area contributed by atoms with Crippen LogP contribution in [0.2, 0.25) is 0 Å². The zero-order chi connectivity index (χ0) is 23.8. The van der Waals surface area contributed by atoms with E-state index in [0.29, 0.717) is 5.52 Å². The Morgan fingerprint density at radius 2 is 1.41 bits per heavy atom. The highest BCUT2D eigenvalue weighted by Gasteiger charge is 2.35. The number of carbonyl (C=O) groups excluding carboxylic acids is 3. The third kappa shape index (κ3) is 4.98. The maximum Gasteiger partial charge on any atom is 0.429 e. The molecule has 3 rings (SSSR count). The molecule has 0 unspecified atom stereocenters. The van der Waals surface area contributed by atoms with E-state index in [4.69, 9.17) is 14.2 Å². The summed E-state index contributed by atoms with van der Waals surface area (Å²) in [6.07, 6.45) is -0.794. The summed E-state index contributed by atoms with van der Waals surface area (Å²) < 4.78 is 17.6. The maximum atomic E-state index is 12.8. The van der Waals surface area contributed by atoms with Crippen LogP contribution in [0.25, 0.3) is 10.9 Å². The molecule has 9 heteroatoms. The van der Waals surface area contributed by atoms with E-state index < -0.39 is 23.9 Å². The topological polar surface area (TPSA) is 90.3 Å². The molecule has 1 aliphatic heterocycles. The van der Waals surface area contributed by atoms with Gasteiger partial charge in [0.1, 0.15) is 5.60 Å². The monoisotopic (exact) mass is 445 g/mol. The summed E-state index contributed by atoms with van der Waals surface area (Å²) in [6.45, 7) is 12.6. The van der Waals surface area contributed by atoms with Gasteiger partial charge in [0, 0.05) is 11.6 Å². The van der Waals surface area contributed by atoms with Crippen LogP contribution in [0.1, 0.15) is 59.6 Å². The Morgan fingerprint density at radius 3 is 1.94 bits per heavy atom. The second-order valence-electron chi connectivity index (χ2n) is 9.28. The van der Waals surface area contributed by atoms with E-state index in [-0.39, 0.29) is 25.3 Å². The molecule has 32 heavy (non-hydrogen) atoms. The van der Waals surface area contributed by atoms with Crippen molar-refractivity contribution in [3.8, 4) is 0 Å². The fourth-order valence-electron chi connectivity index (χ4n) is 3.46. The standard InChI is InChI=1S/C23H31N3O6/c1-14(2)30-21(28)25-12-16-8-9-19-17(10-11-24(19)20(27)32-23(5,6)7)18(16)13-26(25)22(29)31-15(3)4/h8-11,14-15H,12-13H2,1-7H3. The Labute approximate surface area is 187 Å². The van der Waals surface area contributed by atoms with E-state index in [0.717, 1.165) is 16.5 Å². The number of hydrazine groups is 1. The molecule has 0 fully saturated rings. The highest BCUT2D eigenvalue weighted by molar-refractivity contribution is 5.92. The molecular weight excluding hydrogens is 414 g/mol. The lowest BCUT2D eigenvalue weighted by atomic mass is 10.0. The van der Waals surface area contributed by atoms with Crippen LogP contribution in [0.3, 0.4) is 0 Å². The maximum absolute atomic E-state index is 12.8. The van der Waals surface area contributed by atoms with Crippen molar-refractivity contribution in [2.75, 3.05) is 0 Å². The molecule has 1 aromatic carbocycles. The van der Waals surface area contributed by atoms with Crippen molar-refractivity contribution >= 4 is 29.2 Å². The molecule has 2 heterocycles. The fraction of sp³-hybridized carbons (Fsp3) is 0.522. The molecule has 1 aromatic heterocycles. The second kappa shape index (κ2) is 8.72. The normalized spacial score (nSPS) is 14.0. The van der Waals surface area contributed by atoms with Gasteiger partial charge < -0.3 is 14.2 Å². The minimum absolute atomic E-state index is 0.101. The van der Waals surface area contributed by atoms with Crippen LogP contribution in [0.15, 0.2) is 24.4 Å². The van der Waals surface area contributed by atoms with Gasteiger partial charge in [0.05, 0.1) is 30.8 Å². The molecule has 0 bridgehead atoms. The second-order valence-corrected chi connectivity index (χ2v) is 9.28. The van der Waals surface area contributed by atoms with E-state index in [9.17, 15) is 14.4 Å². The number of carbonyl (C=O) groups is 3. The molecule has 174 valence electrons. The van der Waals surface area contributed by atoms with Gasteiger partial charge in [-0.05, 0) is 71.7 Å². The van der Waals surface area contributed by atoms with Crippen molar-refractivity contribution in [3.05, 3.63) is 35.5 Å². The van der Waals surface area contributed by atoms with E-state index in [2.05, 4.69) is 0 Å². The molecule has 0 spiro atoms. The van der Waals surface area contributed by atoms with Crippen molar-refractivity contribution in [1.82, 2.24) is 14.6 Å². The Balaban J connectivity index is 2.01. The first-order chi connectivity index (χ1) is 14.9. The van der Waals surface area contributed by atoms with E-state index >= 15 is 0 Å². The number of rotatable bonds is 2. The summed E-state index contributed by atoms with van der Waals surface area (Å²) in [5, 5.41) is 3.30. The average Bonchev–Trinajstić information content (AvgIpc) is 3.09. The van der Waals surface area contributed by atoms with Crippen LogP contribution in [-0.2, 0) is 27.3 Å². The molecule has 0 N–H and O–H groups in total. The first-order valence-corrected chi connectivity index (χ1v) is 10.7. The van der Waals surface area contributed by atoms with Gasteiger partial charge in [0.25, 0.3) is 0 Å². The average molecular weight is 446 g/mol. The predicted molar refractivity (Wildman–Crippen MR) is 118 cm³/mol. The van der Waals surface area contributed by atoms with Gasteiger partial charge in [-0.2, -0.15) is 0 Å². The van der Waals surface area contributed by atoms with Gasteiger partial charge in [-0.25, -0.2) is 24.4 Å². The largest absolute Gasteiger partial charge is 0.445 e. The SMILES string of the molecule is CC(C)OC(=O)N1Cc2ccc3c(ccn3C(=O)OC(C)(C)C)c2CN1C(=O)OC(C)C. The third-order valence-electron chi connectivity index (χ3n) is 4.69. The summed E-state index contributed by atoms with van der Waals surface area (Å²) in [7, 11) is 0. The van der Waals surface area contributed by atoms with Crippen molar-refractivity contribution in [2.24, 2.45) is 0 Å². The number of ether oxygens (including phenoxy) is 3. The molecule has 2 aromatic rings. The van der Waals surface area contributed by atoms with Crippen molar-refractivity contribution in [1.29, 1.82) is 0 Å². The first-order valence-electron chi connectivity index (χ1n) is 10.7. The van der Waals surface area contributed by atoms with Gasteiger partial charge in [-0.15, -0.1) is 0 Å². The fourth-order valence-corrected chi connectivity index (χ4v) is 3.46. The smallest absolute Gasteiger partial charge is 0.429 e. The number of nitrogens with zero attached hydrogens (tertiary/aromatic N) is 3. The minimum atomic E-state index is -0.644. The van der Waals surface area contributed by atoms with Crippen LogP contribution < -0.4 is 0 Å². The van der Waals surface area contributed by atoms with Crippen LogP contribution in [-0.4, -0.2) is 50.7 Å². The molecule has 0 radical (unpaired) electrons. The molecule has 0 aliphatic carbocycles. The Kier molecular flexibility index (Phi) is 6.39. The summed E-state index contributed by atoms with van der Waals surface area (Å²) in [6, 6.07) is 5.47. The third-order valence-corrected chi connectivity index (χ3v) is 4.69. The zero-order valence-corrected chi connectivity index (χ0v) is 19.7. The van der Waals surface area contributed by atoms with Gasteiger partial charge in [0.2, 0.25) is 0 Å². The molecular formula is C23H31N3O6. The predicted octanol–water partition coefficient (Wildman–Crippen LogP) is 5.05. The van der Waals surface area contributed by atoms with Crippen LogP contribution in [0.5, 0.6) is 0 Å². The summed E-state index contributed by atoms with van der Waals surface area (Å²) in [5.74, 6) is 0. The number of benzene rings is 1. The molecule has 0 atom stereocenters. The van der Waals surface area contributed by atoms with Gasteiger partial charge in [-0.1, -0.05) is 6.07 Å². The summed E-state index contributed by atoms with van der Waals surface area (Å²) in [5.41, 5.74) is 1.72. The van der Waals surface area contributed by atoms with Crippen molar-refractivity contribution in [2.45, 2.75) is 79.4 Å². The highest BCUT2D eigenvalue weighted by atomic mass is 16.6. The van der Waals surface area contributed by atoms with Crippen LogP contribution in [0, 0.1) is 0 Å². The number of amides is 2. The van der Waals surface area contributed by atoms with Crippen molar-refractivity contribution in [3.63, 3.8) is 0 Å². The Morgan fingerprint density at radius 1 is 0.844 bits per heavy atom. The molecule has 0 saturated heterocycles. The number of fused-ring (bicyclic) bond motifs is 3. The zero-order valence-electron chi connectivity index (χ0n) is 19.7. The van der Waals surface area contributed by atoms with Crippen molar-refractivity contribution < 1.29 is 28.6 Å². The lowest BCUT2D eigenvalue weighted by molar-refractivity contribution is -0.0507. The van der Waals surface area contributed by atoms with Crippen LogP contribution >= 0.6 is 0 Å². The molecule has 0 saturated carbocycles. The molecule has 2 amide bonds. The van der Waals surface area contributed by atoms with E-state index in [1.54, 1.807) is 33.9 Å². The lowest BCUT2D eigenvalue weighted by Gasteiger charge is -2.38.